The third kappa shape index (κ3) is 3.62. The normalized spacial score (nSPS) is 11.5. The molecule has 0 fully saturated rings. The summed E-state index contributed by atoms with van der Waals surface area (Å²) in [5.41, 5.74) is -0.483. The summed E-state index contributed by atoms with van der Waals surface area (Å²) in [6, 6.07) is 6.29. The largest absolute Gasteiger partial charge is 0.503 e. The summed E-state index contributed by atoms with van der Waals surface area (Å²) in [5.74, 6) is -3.40. The maximum Gasteiger partial charge on any atom is 0.416 e. The Morgan fingerprint density at radius 1 is 1.00 bits per heavy atom. The molecule has 0 aliphatic heterocycles. The molecule has 0 radical (unpaired) electrons. The van der Waals surface area contributed by atoms with Crippen LogP contribution in [0.5, 0.6) is 5.75 Å². The zero-order valence-electron chi connectivity index (χ0n) is 10.5. The van der Waals surface area contributed by atoms with Gasteiger partial charge in [0.05, 0.1) is 5.56 Å². The number of nitrogens with one attached hydrogen (secondary N) is 1. The summed E-state index contributed by atoms with van der Waals surface area (Å²) in [5, 5.41) is 11.5. The van der Waals surface area contributed by atoms with Crippen LogP contribution >= 0.6 is 0 Å². The lowest BCUT2D eigenvalue weighted by atomic mass is 10.1. The van der Waals surface area contributed by atoms with Gasteiger partial charge in [0.2, 0.25) is 0 Å². The van der Waals surface area contributed by atoms with E-state index in [1.165, 1.54) is 12.1 Å². The number of aromatic hydroxyl groups is 1. The molecule has 2 aromatic carbocycles. The van der Waals surface area contributed by atoms with Crippen LogP contribution in [0.4, 0.5) is 27.6 Å². The molecule has 21 heavy (non-hydrogen) atoms. The summed E-state index contributed by atoms with van der Waals surface area (Å²) < 4.78 is 63.8. The van der Waals surface area contributed by atoms with Crippen LogP contribution in [0.15, 0.2) is 36.4 Å². The number of rotatable bonds is 3. The van der Waals surface area contributed by atoms with Crippen LogP contribution in [-0.4, -0.2) is 5.11 Å². The lowest BCUT2D eigenvalue weighted by Crippen LogP contribution is -2.07. The Balaban J connectivity index is 2.14. The van der Waals surface area contributed by atoms with Crippen LogP contribution in [0, 0.1) is 11.6 Å². The molecule has 2 N–H and O–H groups in total. The molecule has 2 aromatic rings. The number of phenolic OH excluding ortho intramolecular Hbond substituents is 1. The third-order valence-electron chi connectivity index (χ3n) is 2.77. The van der Waals surface area contributed by atoms with Crippen molar-refractivity contribution in [2.24, 2.45) is 0 Å². The molecule has 0 aliphatic carbocycles. The van der Waals surface area contributed by atoms with Crippen molar-refractivity contribution in [3.05, 3.63) is 59.2 Å². The Kier molecular flexibility index (Phi) is 4.02. The van der Waals surface area contributed by atoms with Crippen molar-refractivity contribution in [2.45, 2.75) is 12.7 Å². The molecule has 2 rings (SSSR count). The second-order valence-corrected chi connectivity index (χ2v) is 4.34. The van der Waals surface area contributed by atoms with Gasteiger partial charge >= 0.3 is 6.18 Å². The summed E-state index contributed by atoms with van der Waals surface area (Å²) in [7, 11) is 0. The predicted octanol–water partition coefficient (Wildman–Crippen LogP) is 4.30. The highest BCUT2D eigenvalue weighted by molar-refractivity contribution is 5.48. The smallest absolute Gasteiger partial charge is 0.416 e. The Morgan fingerprint density at radius 2 is 1.62 bits per heavy atom. The fourth-order valence-electron chi connectivity index (χ4n) is 1.73. The van der Waals surface area contributed by atoms with Gasteiger partial charge in [0.25, 0.3) is 0 Å². The van der Waals surface area contributed by atoms with Crippen molar-refractivity contribution in [2.75, 3.05) is 5.32 Å². The van der Waals surface area contributed by atoms with E-state index in [0.29, 0.717) is 5.56 Å². The van der Waals surface area contributed by atoms with Crippen LogP contribution in [0.1, 0.15) is 11.1 Å². The molecule has 0 aliphatic rings. The van der Waals surface area contributed by atoms with E-state index in [2.05, 4.69) is 5.32 Å². The highest BCUT2D eigenvalue weighted by atomic mass is 19.4. The molecule has 0 bridgehead atoms. The van der Waals surface area contributed by atoms with Crippen LogP contribution in [0.3, 0.4) is 0 Å². The summed E-state index contributed by atoms with van der Waals surface area (Å²) in [4.78, 5) is 0. The summed E-state index contributed by atoms with van der Waals surface area (Å²) in [6.45, 7) is -0.0480. The van der Waals surface area contributed by atoms with Crippen LogP contribution in [-0.2, 0) is 12.7 Å². The van der Waals surface area contributed by atoms with Gasteiger partial charge < -0.3 is 10.4 Å². The van der Waals surface area contributed by atoms with Gasteiger partial charge in [-0.15, -0.1) is 0 Å². The summed E-state index contributed by atoms with van der Waals surface area (Å²) in [6.07, 6.45) is -4.45. The lowest BCUT2D eigenvalue weighted by Gasteiger charge is -2.11. The second-order valence-electron chi connectivity index (χ2n) is 4.34. The topological polar surface area (TPSA) is 32.3 Å². The van der Waals surface area contributed by atoms with Crippen molar-refractivity contribution in [1.29, 1.82) is 0 Å². The van der Waals surface area contributed by atoms with Gasteiger partial charge in [-0.1, -0.05) is 12.1 Å². The Hall–Kier alpha value is -2.31. The van der Waals surface area contributed by atoms with Crippen LogP contribution in [0.2, 0.25) is 0 Å². The van der Waals surface area contributed by atoms with Crippen molar-refractivity contribution in [3.8, 4) is 5.75 Å². The number of benzene rings is 2. The van der Waals surface area contributed by atoms with Crippen LogP contribution < -0.4 is 5.32 Å². The zero-order chi connectivity index (χ0) is 15.6. The minimum absolute atomic E-state index is 0.0141. The van der Waals surface area contributed by atoms with Gasteiger partial charge in [0, 0.05) is 24.4 Å². The Labute approximate surface area is 116 Å². The third-order valence-corrected chi connectivity index (χ3v) is 2.77. The van der Waals surface area contributed by atoms with E-state index in [-0.39, 0.29) is 12.2 Å². The van der Waals surface area contributed by atoms with Crippen molar-refractivity contribution >= 4 is 5.69 Å². The molecule has 0 unspecified atom stereocenters. The zero-order valence-corrected chi connectivity index (χ0v) is 10.5. The average Bonchev–Trinajstić information content (AvgIpc) is 2.42. The molecule has 0 aromatic heterocycles. The predicted molar refractivity (Wildman–Crippen MR) is 66.8 cm³/mol. The maximum atomic E-state index is 13.1. The molecule has 0 spiro atoms. The minimum Gasteiger partial charge on any atom is -0.503 e. The number of alkyl halides is 3. The van der Waals surface area contributed by atoms with Crippen LogP contribution in [0.25, 0.3) is 0 Å². The van der Waals surface area contributed by atoms with Gasteiger partial charge in [-0.25, -0.2) is 8.78 Å². The molecule has 7 heteroatoms. The first-order valence-electron chi connectivity index (χ1n) is 5.85. The molecule has 0 saturated heterocycles. The number of phenols is 1. The van der Waals surface area contributed by atoms with E-state index in [4.69, 9.17) is 5.11 Å². The van der Waals surface area contributed by atoms with Gasteiger partial charge in [-0.2, -0.15) is 13.2 Å². The maximum absolute atomic E-state index is 13.1. The quantitative estimate of drug-likeness (QED) is 0.654. The molecular weight excluding hydrogens is 293 g/mol. The van der Waals surface area contributed by atoms with E-state index in [1.807, 2.05) is 0 Å². The van der Waals surface area contributed by atoms with E-state index >= 15 is 0 Å². The number of halogens is 5. The first kappa shape index (κ1) is 15.1. The molecule has 0 atom stereocenters. The number of hydrogen-bond donors (Lipinski definition) is 2. The van der Waals surface area contributed by atoms with E-state index in [1.54, 1.807) is 0 Å². The van der Waals surface area contributed by atoms with E-state index in [0.717, 1.165) is 24.3 Å². The number of hydrogen-bond acceptors (Lipinski definition) is 2. The van der Waals surface area contributed by atoms with E-state index < -0.39 is 29.1 Å². The van der Waals surface area contributed by atoms with Crippen molar-refractivity contribution in [3.63, 3.8) is 0 Å². The second kappa shape index (κ2) is 5.59. The van der Waals surface area contributed by atoms with Gasteiger partial charge in [0.1, 0.15) is 0 Å². The van der Waals surface area contributed by atoms with Gasteiger partial charge in [-0.05, 0) is 17.7 Å². The van der Waals surface area contributed by atoms with Crippen molar-refractivity contribution in [1.82, 2.24) is 0 Å². The SMILES string of the molecule is Oc1c(F)cc(NCc2cccc(C(F)(F)F)c2)cc1F. The highest BCUT2D eigenvalue weighted by Crippen LogP contribution is 2.30. The standard InChI is InChI=1S/C14H10F5NO/c15-11-5-10(6-12(16)13(11)21)20-7-8-2-1-3-9(4-8)14(17,18)19/h1-6,20-21H,7H2. The fourth-order valence-corrected chi connectivity index (χ4v) is 1.73. The van der Waals surface area contributed by atoms with Crippen molar-refractivity contribution < 1.29 is 27.1 Å². The lowest BCUT2D eigenvalue weighted by molar-refractivity contribution is -0.137. The minimum atomic E-state index is -4.45. The Morgan fingerprint density at radius 3 is 2.19 bits per heavy atom. The van der Waals surface area contributed by atoms with Gasteiger partial charge in [0.15, 0.2) is 17.4 Å². The number of anilines is 1. The highest BCUT2D eigenvalue weighted by Gasteiger charge is 2.30. The Bertz CT molecular complexity index is 631. The molecular formula is C14H10F5NO. The monoisotopic (exact) mass is 303 g/mol. The molecule has 0 saturated carbocycles. The van der Waals surface area contributed by atoms with Gasteiger partial charge in [-0.3, -0.25) is 0 Å². The molecule has 0 heterocycles. The molecule has 2 nitrogen and oxygen atoms in total. The van der Waals surface area contributed by atoms with E-state index in [9.17, 15) is 22.0 Å². The molecule has 112 valence electrons. The molecule has 0 amide bonds. The average molecular weight is 303 g/mol. The first-order valence-corrected chi connectivity index (χ1v) is 5.85. The first-order chi connectivity index (χ1) is 9.77. The fraction of sp³-hybridized carbons (Fsp3) is 0.143. The summed E-state index contributed by atoms with van der Waals surface area (Å²) >= 11 is 0.